The Morgan fingerprint density at radius 3 is 2.50 bits per heavy atom. The zero-order chi connectivity index (χ0) is 14.2. The third-order valence-corrected chi connectivity index (χ3v) is 3.09. The van der Waals surface area contributed by atoms with E-state index in [4.69, 9.17) is 14.9 Å². The van der Waals surface area contributed by atoms with E-state index in [1.807, 2.05) is 35.2 Å². The lowest BCUT2D eigenvalue weighted by atomic mass is 10.2. The van der Waals surface area contributed by atoms with Crippen LogP contribution in [0.3, 0.4) is 0 Å². The van der Waals surface area contributed by atoms with E-state index >= 15 is 0 Å². The van der Waals surface area contributed by atoms with Crippen LogP contribution in [0.25, 0.3) is 10.9 Å². The molecule has 2 N–H and O–H groups in total. The molecule has 0 saturated heterocycles. The van der Waals surface area contributed by atoms with Gasteiger partial charge in [0.25, 0.3) is 0 Å². The van der Waals surface area contributed by atoms with E-state index in [9.17, 15) is 0 Å². The number of para-hydroxylation sites is 1. The topological polar surface area (TPSA) is 65.8 Å². The largest absolute Gasteiger partial charge is 0.490 e. The zero-order valence-corrected chi connectivity index (χ0v) is 11.4. The van der Waals surface area contributed by atoms with Crippen molar-refractivity contribution in [2.75, 3.05) is 39.5 Å². The second-order valence-corrected chi connectivity index (χ2v) is 4.47. The zero-order valence-electron chi connectivity index (χ0n) is 11.4. The first kappa shape index (κ1) is 14.7. The van der Waals surface area contributed by atoms with Crippen LogP contribution >= 0.6 is 0 Å². The molecular weight excluding hydrogens is 256 g/mol. The van der Waals surface area contributed by atoms with Crippen molar-refractivity contribution in [2.24, 2.45) is 0 Å². The molecular formula is C15H20N2O3. The number of hydrogen-bond acceptors (Lipinski definition) is 5. The average molecular weight is 276 g/mol. The van der Waals surface area contributed by atoms with Crippen molar-refractivity contribution in [2.45, 2.75) is 0 Å². The van der Waals surface area contributed by atoms with Gasteiger partial charge < -0.3 is 14.9 Å². The van der Waals surface area contributed by atoms with E-state index in [2.05, 4.69) is 4.98 Å². The molecule has 0 unspecified atom stereocenters. The van der Waals surface area contributed by atoms with Gasteiger partial charge in [0.2, 0.25) is 0 Å². The van der Waals surface area contributed by atoms with Crippen LogP contribution in [0.2, 0.25) is 0 Å². The molecule has 0 spiro atoms. The molecule has 1 heterocycles. The van der Waals surface area contributed by atoms with Crippen molar-refractivity contribution in [1.29, 1.82) is 0 Å². The van der Waals surface area contributed by atoms with Crippen LogP contribution in [-0.2, 0) is 0 Å². The predicted molar refractivity (Wildman–Crippen MR) is 77.8 cm³/mol. The highest BCUT2D eigenvalue weighted by Crippen LogP contribution is 2.22. The molecule has 0 bridgehead atoms. The van der Waals surface area contributed by atoms with Crippen LogP contribution in [0.4, 0.5) is 0 Å². The predicted octanol–water partition coefficient (Wildman–Crippen LogP) is 0.900. The molecule has 20 heavy (non-hydrogen) atoms. The van der Waals surface area contributed by atoms with Gasteiger partial charge in [0, 0.05) is 31.2 Å². The quantitative estimate of drug-likeness (QED) is 0.750. The number of aliphatic hydroxyl groups excluding tert-OH is 2. The first-order valence-corrected chi connectivity index (χ1v) is 6.76. The summed E-state index contributed by atoms with van der Waals surface area (Å²) in [5, 5.41) is 18.9. The molecule has 0 saturated carbocycles. The molecule has 0 radical (unpaired) electrons. The Bertz CT molecular complexity index is 522. The number of hydrogen-bond donors (Lipinski definition) is 2. The van der Waals surface area contributed by atoms with E-state index in [0.717, 1.165) is 16.7 Å². The summed E-state index contributed by atoms with van der Waals surface area (Å²) in [6, 6.07) is 9.74. The lowest BCUT2D eigenvalue weighted by Gasteiger charge is -2.20. The van der Waals surface area contributed by atoms with Gasteiger partial charge in [0.05, 0.1) is 13.2 Å². The van der Waals surface area contributed by atoms with Gasteiger partial charge in [-0.1, -0.05) is 18.2 Å². The summed E-state index contributed by atoms with van der Waals surface area (Å²) < 4.78 is 5.77. The number of pyridine rings is 1. The molecule has 5 heteroatoms. The Morgan fingerprint density at radius 1 is 1.00 bits per heavy atom. The second kappa shape index (κ2) is 7.79. The molecule has 0 amide bonds. The van der Waals surface area contributed by atoms with Crippen LogP contribution in [0, 0.1) is 0 Å². The Morgan fingerprint density at radius 2 is 1.75 bits per heavy atom. The van der Waals surface area contributed by atoms with Crippen molar-refractivity contribution in [1.82, 2.24) is 9.88 Å². The molecule has 108 valence electrons. The lowest BCUT2D eigenvalue weighted by molar-refractivity contribution is 0.142. The summed E-state index contributed by atoms with van der Waals surface area (Å²) in [7, 11) is 0. The Labute approximate surface area is 118 Å². The molecule has 0 aliphatic heterocycles. The van der Waals surface area contributed by atoms with Gasteiger partial charge >= 0.3 is 0 Å². The van der Waals surface area contributed by atoms with Crippen LogP contribution < -0.4 is 4.74 Å². The maximum absolute atomic E-state index is 8.95. The summed E-state index contributed by atoms with van der Waals surface area (Å²) in [4.78, 5) is 6.29. The Hall–Kier alpha value is -1.69. The fourth-order valence-electron chi connectivity index (χ4n) is 2.10. The van der Waals surface area contributed by atoms with Gasteiger partial charge in [-0.05, 0) is 12.1 Å². The molecule has 1 aromatic heterocycles. The van der Waals surface area contributed by atoms with Crippen LogP contribution in [0.5, 0.6) is 5.75 Å². The van der Waals surface area contributed by atoms with E-state index < -0.39 is 0 Å². The number of aromatic nitrogens is 1. The first-order chi connectivity index (χ1) is 9.85. The minimum absolute atomic E-state index is 0.0792. The Kier molecular flexibility index (Phi) is 5.73. The third-order valence-electron chi connectivity index (χ3n) is 3.09. The Balaban J connectivity index is 1.95. The molecule has 0 fully saturated rings. The number of aliphatic hydroxyl groups is 2. The lowest BCUT2D eigenvalue weighted by Crippen LogP contribution is -2.33. The summed E-state index contributed by atoms with van der Waals surface area (Å²) in [6.45, 7) is 2.39. The summed E-state index contributed by atoms with van der Waals surface area (Å²) in [5.41, 5.74) is 0.853. The molecule has 2 rings (SSSR count). The fourth-order valence-corrected chi connectivity index (χ4v) is 2.10. The first-order valence-electron chi connectivity index (χ1n) is 6.76. The molecule has 2 aromatic rings. The molecule has 0 atom stereocenters. The van der Waals surface area contributed by atoms with Crippen molar-refractivity contribution in [3.8, 4) is 5.75 Å². The highest BCUT2D eigenvalue weighted by atomic mass is 16.5. The minimum Gasteiger partial charge on any atom is -0.490 e. The maximum Gasteiger partial charge on any atom is 0.145 e. The average Bonchev–Trinajstić information content (AvgIpc) is 2.48. The van der Waals surface area contributed by atoms with E-state index in [1.165, 1.54) is 0 Å². The van der Waals surface area contributed by atoms with Gasteiger partial charge in [-0.15, -0.1) is 0 Å². The van der Waals surface area contributed by atoms with Crippen molar-refractivity contribution in [3.63, 3.8) is 0 Å². The third kappa shape index (κ3) is 3.90. The molecule has 5 nitrogen and oxygen atoms in total. The van der Waals surface area contributed by atoms with E-state index in [-0.39, 0.29) is 13.2 Å². The molecule has 1 aromatic carbocycles. The van der Waals surface area contributed by atoms with Gasteiger partial charge in [-0.3, -0.25) is 9.88 Å². The number of benzene rings is 1. The SMILES string of the molecule is OCCN(CCO)CCOc1cccc2cccnc12. The van der Waals surface area contributed by atoms with Crippen molar-refractivity contribution >= 4 is 10.9 Å². The van der Waals surface area contributed by atoms with Crippen LogP contribution in [-0.4, -0.2) is 59.6 Å². The second-order valence-electron chi connectivity index (χ2n) is 4.47. The van der Waals surface area contributed by atoms with E-state index in [1.54, 1.807) is 6.20 Å². The van der Waals surface area contributed by atoms with Gasteiger partial charge in [-0.2, -0.15) is 0 Å². The van der Waals surface area contributed by atoms with Crippen molar-refractivity contribution in [3.05, 3.63) is 36.5 Å². The molecule has 0 aliphatic rings. The van der Waals surface area contributed by atoms with Gasteiger partial charge in [0.15, 0.2) is 0 Å². The highest BCUT2D eigenvalue weighted by molar-refractivity contribution is 5.84. The smallest absolute Gasteiger partial charge is 0.145 e. The van der Waals surface area contributed by atoms with Crippen molar-refractivity contribution < 1.29 is 14.9 Å². The normalized spacial score (nSPS) is 11.2. The highest BCUT2D eigenvalue weighted by Gasteiger charge is 2.06. The fraction of sp³-hybridized carbons (Fsp3) is 0.400. The van der Waals surface area contributed by atoms with Gasteiger partial charge in [0.1, 0.15) is 17.9 Å². The van der Waals surface area contributed by atoms with Gasteiger partial charge in [-0.25, -0.2) is 0 Å². The number of fused-ring (bicyclic) bond motifs is 1. The summed E-state index contributed by atoms with van der Waals surface area (Å²) in [6.07, 6.45) is 1.75. The summed E-state index contributed by atoms with van der Waals surface area (Å²) >= 11 is 0. The minimum atomic E-state index is 0.0792. The molecule has 0 aliphatic carbocycles. The monoisotopic (exact) mass is 276 g/mol. The van der Waals surface area contributed by atoms with Crippen LogP contribution in [0.1, 0.15) is 0 Å². The number of ether oxygens (including phenoxy) is 1. The number of rotatable bonds is 8. The van der Waals surface area contributed by atoms with E-state index in [0.29, 0.717) is 26.2 Å². The summed E-state index contributed by atoms with van der Waals surface area (Å²) in [5.74, 6) is 0.760. The van der Waals surface area contributed by atoms with Crippen LogP contribution in [0.15, 0.2) is 36.5 Å². The maximum atomic E-state index is 8.95. The number of nitrogens with zero attached hydrogens (tertiary/aromatic N) is 2. The standard InChI is InChI=1S/C15H20N2O3/c18-10-7-17(8-11-19)9-12-20-14-5-1-3-13-4-2-6-16-15(13)14/h1-6,18-19H,7-12H2.